The molecule has 1 heterocycles. The topological polar surface area (TPSA) is 15.8 Å². The molecule has 30 heavy (non-hydrogen) atoms. The molecule has 0 saturated carbocycles. The molecule has 6 rings (SSSR count). The summed E-state index contributed by atoms with van der Waals surface area (Å²) in [7, 11) is 0. The lowest BCUT2D eigenvalue weighted by Crippen LogP contribution is -1.90. The molecular formula is C28H18BrN. The maximum absolute atomic E-state index is 3.72. The highest BCUT2D eigenvalue weighted by atomic mass is 79.9. The minimum absolute atomic E-state index is 1.09. The maximum atomic E-state index is 3.72. The van der Waals surface area contributed by atoms with Crippen LogP contribution in [0.1, 0.15) is 0 Å². The highest BCUT2D eigenvalue weighted by Gasteiger charge is 2.20. The number of halogens is 1. The lowest BCUT2D eigenvalue weighted by Gasteiger charge is -2.17. The molecule has 0 aliphatic heterocycles. The molecule has 0 unspecified atom stereocenters. The third-order valence-corrected chi connectivity index (χ3v) is 6.34. The fourth-order valence-corrected chi connectivity index (χ4v) is 4.96. The van der Waals surface area contributed by atoms with E-state index in [1.807, 2.05) is 0 Å². The summed E-state index contributed by atoms with van der Waals surface area (Å²) in [5.41, 5.74) is 7.37. The van der Waals surface area contributed by atoms with Gasteiger partial charge >= 0.3 is 0 Å². The van der Waals surface area contributed by atoms with E-state index in [4.69, 9.17) is 0 Å². The van der Waals surface area contributed by atoms with E-state index in [9.17, 15) is 0 Å². The average molecular weight is 448 g/mol. The van der Waals surface area contributed by atoms with Gasteiger partial charge in [-0.1, -0.05) is 101 Å². The second-order valence-electron chi connectivity index (χ2n) is 7.59. The fraction of sp³-hybridized carbons (Fsp3) is 0. The molecule has 0 spiro atoms. The minimum Gasteiger partial charge on any atom is -0.354 e. The molecule has 0 bridgehead atoms. The Morgan fingerprint density at radius 2 is 1.13 bits per heavy atom. The minimum atomic E-state index is 1.09. The van der Waals surface area contributed by atoms with Crippen molar-refractivity contribution in [3.63, 3.8) is 0 Å². The molecule has 1 aromatic heterocycles. The third-order valence-electron chi connectivity index (χ3n) is 5.85. The molecule has 5 aromatic carbocycles. The lowest BCUT2D eigenvalue weighted by atomic mass is 9.86. The van der Waals surface area contributed by atoms with Crippen LogP contribution in [-0.4, -0.2) is 4.98 Å². The Kier molecular flexibility index (Phi) is 4.00. The van der Waals surface area contributed by atoms with Gasteiger partial charge in [0.15, 0.2) is 0 Å². The first-order valence-electron chi connectivity index (χ1n) is 10.1. The van der Waals surface area contributed by atoms with Crippen LogP contribution in [-0.2, 0) is 0 Å². The number of benzene rings is 5. The monoisotopic (exact) mass is 447 g/mol. The summed E-state index contributed by atoms with van der Waals surface area (Å²) < 4.78 is 1.09. The van der Waals surface area contributed by atoms with Gasteiger partial charge in [0, 0.05) is 31.7 Å². The van der Waals surface area contributed by atoms with E-state index in [1.165, 1.54) is 49.3 Å². The summed E-state index contributed by atoms with van der Waals surface area (Å²) in [6.45, 7) is 0. The van der Waals surface area contributed by atoms with E-state index in [1.54, 1.807) is 0 Å². The van der Waals surface area contributed by atoms with Gasteiger partial charge in [0.2, 0.25) is 0 Å². The molecule has 6 aromatic rings. The molecule has 0 radical (unpaired) electrons. The van der Waals surface area contributed by atoms with Gasteiger partial charge in [-0.25, -0.2) is 0 Å². The number of nitrogens with one attached hydrogen (secondary N) is 1. The van der Waals surface area contributed by atoms with Crippen molar-refractivity contribution in [1.29, 1.82) is 0 Å². The standard InChI is InChI=1S/C28H18BrN/c29-20-15-16-24-23(17-20)27-26(19-11-5-2-6-12-19)25(18-9-3-1-4-10-18)21-13-7-8-14-22(21)28(27)30-24/h1-17,30H. The molecule has 0 fully saturated rings. The van der Waals surface area contributed by atoms with Crippen molar-refractivity contribution >= 4 is 48.5 Å². The van der Waals surface area contributed by atoms with Crippen molar-refractivity contribution in [2.24, 2.45) is 0 Å². The quantitative estimate of drug-likeness (QED) is 0.273. The zero-order valence-electron chi connectivity index (χ0n) is 16.2. The second-order valence-corrected chi connectivity index (χ2v) is 8.51. The first-order chi connectivity index (χ1) is 14.8. The van der Waals surface area contributed by atoms with Gasteiger partial charge in [0.25, 0.3) is 0 Å². The molecule has 1 nitrogen and oxygen atoms in total. The zero-order valence-corrected chi connectivity index (χ0v) is 17.8. The van der Waals surface area contributed by atoms with Gasteiger partial charge in [-0.3, -0.25) is 0 Å². The summed E-state index contributed by atoms with van der Waals surface area (Å²) in [4.78, 5) is 3.72. The zero-order chi connectivity index (χ0) is 20.1. The molecule has 0 aliphatic rings. The average Bonchev–Trinajstić information content (AvgIpc) is 3.18. The first kappa shape index (κ1) is 17.5. The van der Waals surface area contributed by atoms with E-state index in [0.29, 0.717) is 0 Å². The number of aromatic nitrogens is 1. The van der Waals surface area contributed by atoms with Crippen molar-refractivity contribution < 1.29 is 0 Å². The Balaban J connectivity index is 1.94. The highest BCUT2D eigenvalue weighted by Crippen LogP contribution is 2.46. The normalized spacial score (nSPS) is 11.5. The fourth-order valence-electron chi connectivity index (χ4n) is 4.60. The summed E-state index contributed by atoms with van der Waals surface area (Å²) in [5, 5.41) is 5.02. The van der Waals surface area contributed by atoms with Crippen LogP contribution < -0.4 is 0 Å². The smallest absolute Gasteiger partial charge is 0.0551 e. The van der Waals surface area contributed by atoms with Crippen LogP contribution in [0.15, 0.2) is 108 Å². The maximum Gasteiger partial charge on any atom is 0.0551 e. The van der Waals surface area contributed by atoms with Crippen LogP contribution >= 0.6 is 15.9 Å². The Bertz CT molecular complexity index is 1530. The Hall–Kier alpha value is -3.36. The predicted molar refractivity (Wildman–Crippen MR) is 132 cm³/mol. The Morgan fingerprint density at radius 1 is 0.533 bits per heavy atom. The van der Waals surface area contributed by atoms with Crippen LogP contribution in [0.4, 0.5) is 0 Å². The summed E-state index contributed by atoms with van der Waals surface area (Å²) >= 11 is 3.68. The number of fused-ring (bicyclic) bond motifs is 5. The van der Waals surface area contributed by atoms with E-state index < -0.39 is 0 Å². The van der Waals surface area contributed by atoms with Crippen LogP contribution in [0.5, 0.6) is 0 Å². The van der Waals surface area contributed by atoms with Gasteiger partial charge in [-0.2, -0.15) is 0 Å². The van der Waals surface area contributed by atoms with Crippen molar-refractivity contribution in [3.8, 4) is 22.3 Å². The van der Waals surface area contributed by atoms with Crippen molar-refractivity contribution in [2.45, 2.75) is 0 Å². The largest absolute Gasteiger partial charge is 0.354 e. The summed E-state index contributed by atoms with van der Waals surface area (Å²) in [6, 6.07) is 36.7. The predicted octanol–water partition coefficient (Wildman–Crippen LogP) is 8.57. The number of hydrogen-bond donors (Lipinski definition) is 1. The van der Waals surface area contributed by atoms with Crippen LogP contribution in [0.25, 0.3) is 54.8 Å². The van der Waals surface area contributed by atoms with E-state index in [2.05, 4.69) is 124 Å². The van der Waals surface area contributed by atoms with E-state index in [-0.39, 0.29) is 0 Å². The number of H-pyrrole nitrogens is 1. The molecule has 0 aliphatic carbocycles. The van der Waals surface area contributed by atoms with Gasteiger partial charge in [0.05, 0.1) is 5.52 Å². The van der Waals surface area contributed by atoms with Crippen LogP contribution in [0, 0.1) is 0 Å². The Morgan fingerprint density at radius 3 is 1.83 bits per heavy atom. The highest BCUT2D eigenvalue weighted by molar-refractivity contribution is 9.10. The van der Waals surface area contributed by atoms with E-state index >= 15 is 0 Å². The van der Waals surface area contributed by atoms with Crippen molar-refractivity contribution in [2.75, 3.05) is 0 Å². The number of rotatable bonds is 2. The molecular weight excluding hydrogens is 430 g/mol. The van der Waals surface area contributed by atoms with Crippen LogP contribution in [0.3, 0.4) is 0 Å². The van der Waals surface area contributed by atoms with Gasteiger partial charge in [-0.15, -0.1) is 0 Å². The summed E-state index contributed by atoms with van der Waals surface area (Å²) in [6.07, 6.45) is 0. The van der Waals surface area contributed by atoms with Gasteiger partial charge in [0.1, 0.15) is 0 Å². The SMILES string of the molecule is Brc1ccc2[nH]c3c4ccccc4c(-c4ccccc4)c(-c4ccccc4)c3c2c1. The molecule has 1 N–H and O–H groups in total. The molecule has 2 heteroatoms. The Labute approximate surface area is 183 Å². The molecule has 0 amide bonds. The molecule has 0 atom stereocenters. The second kappa shape index (κ2) is 6.86. The summed E-state index contributed by atoms with van der Waals surface area (Å²) in [5.74, 6) is 0. The number of hydrogen-bond acceptors (Lipinski definition) is 0. The molecule has 0 saturated heterocycles. The van der Waals surface area contributed by atoms with Crippen molar-refractivity contribution in [1.82, 2.24) is 4.98 Å². The third kappa shape index (κ3) is 2.61. The van der Waals surface area contributed by atoms with E-state index in [0.717, 1.165) is 9.99 Å². The van der Waals surface area contributed by atoms with Crippen LogP contribution in [0.2, 0.25) is 0 Å². The van der Waals surface area contributed by atoms with Gasteiger partial charge in [-0.05, 0) is 40.3 Å². The van der Waals surface area contributed by atoms with Gasteiger partial charge < -0.3 is 4.98 Å². The number of aromatic amines is 1. The first-order valence-corrected chi connectivity index (χ1v) is 10.9. The lowest BCUT2D eigenvalue weighted by molar-refractivity contribution is 1.55. The molecule has 142 valence electrons. The van der Waals surface area contributed by atoms with Crippen molar-refractivity contribution in [3.05, 3.63) is 108 Å².